The molecule has 3 rings (SSSR count). The number of hydrogen-bond acceptors (Lipinski definition) is 7. The minimum Gasteiger partial charge on any atom is -0.507 e. The molecule has 0 aromatic heterocycles. The molecule has 1 fully saturated rings. The highest BCUT2D eigenvalue weighted by atomic mass is 32.2. The monoisotopic (exact) mass is 432 g/mol. The van der Waals surface area contributed by atoms with Crippen LogP contribution in [0.2, 0.25) is 0 Å². The van der Waals surface area contributed by atoms with Gasteiger partial charge in [0.05, 0.1) is 16.8 Å². The molecule has 0 saturated carbocycles. The molecule has 0 spiro atoms. The molecule has 0 aliphatic carbocycles. The first-order chi connectivity index (χ1) is 14.2. The van der Waals surface area contributed by atoms with Crippen molar-refractivity contribution in [1.82, 2.24) is 4.31 Å². The number of sulfonamides is 1. The van der Waals surface area contributed by atoms with Crippen LogP contribution >= 0.6 is 0 Å². The number of nitrogens with zero attached hydrogens (tertiary/aromatic N) is 3. The summed E-state index contributed by atoms with van der Waals surface area (Å²) in [6.45, 7) is 3.68. The summed E-state index contributed by atoms with van der Waals surface area (Å²) in [5, 5.41) is 25.1. The molecule has 1 heterocycles. The van der Waals surface area contributed by atoms with Crippen molar-refractivity contribution < 1.29 is 18.4 Å². The van der Waals surface area contributed by atoms with Crippen LogP contribution in [0.5, 0.6) is 5.75 Å². The van der Waals surface area contributed by atoms with Gasteiger partial charge in [0, 0.05) is 29.8 Å². The maximum atomic E-state index is 13.5. The first kappa shape index (κ1) is 21.7. The van der Waals surface area contributed by atoms with E-state index in [0.29, 0.717) is 5.56 Å². The van der Waals surface area contributed by atoms with Gasteiger partial charge in [-0.15, -0.1) is 0 Å². The second-order valence-electron chi connectivity index (χ2n) is 7.33. The van der Waals surface area contributed by atoms with E-state index in [1.807, 2.05) is 13.8 Å². The van der Waals surface area contributed by atoms with Gasteiger partial charge in [0.25, 0.3) is 5.69 Å². The average molecular weight is 433 g/mol. The lowest BCUT2D eigenvalue weighted by molar-refractivity contribution is -0.385. The maximum Gasteiger partial charge on any atom is 0.270 e. The van der Waals surface area contributed by atoms with Crippen molar-refractivity contribution in [2.24, 2.45) is 5.10 Å². The van der Waals surface area contributed by atoms with Crippen LogP contribution in [0.1, 0.15) is 38.7 Å². The molecule has 0 bridgehead atoms. The molecule has 0 amide bonds. The van der Waals surface area contributed by atoms with E-state index >= 15 is 0 Å². The van der Waals surface area contributed by atoms with E-state index in [1.165, 1.54) is 28.7 Å². The van der Waals surface area contributed by atoms with E-state index in [1.54, 1.807) is 18.2 Å². The van der Waals surface area contributed by atoms with Gasteiger partial charge in [-0.05, 0) is 44.9 Å². The summed E-state index contributed by atoms with van der Waals surface area (Å²) >= 11 is 0. The van der Waals surface area contributed by atoms with Crippen molar-refractivity contribution in [3.8, 4) is 5.75 Å². The van der Waals surface area contributed by atoms with Crippen LogP contribution in [-0.4, -0.2) is 41.1 Å². The Labute approximate surface area is 175 Å². The highest BCUT2D eigenvalue weighted by molar-refractivity contribution is 7.89. The third-order valence-electron chi connectivity index (χ3n) is 5.17. The largest absolute Gasteiger partial charge is 0.507 e. The fraction of sp³-hybridized carbons (Fsp3) is 0.350. The van der Waals surface area contributed by atoms with Crippen LogP contribution in [0.4, 0.5) is 11.4 Å². The third-order valence-corrected chi connectivity index (χ3v) is 7.34. The predicted molar refractivity (Wildman–Crippen MR) is 114 cm³/mol. The fourth-order valence-electron chi connectivity index (χ4n) is 3.68. The molecule has 0 radical (unpaired) electrons. The van der Waals surface area contributed by atoms with E-state index in [9.17, 15) is 23.6 Å². The van der Waals surface area contributed by atoms with Crippen LogP contribution in [-0.2, 0) is 10.0 Å². The fourth-order valence-corrected chi connectivity index (χ4v) is 5.73. The van der Waals surface area contributed by atoms with Crippen LogP contribution in [0, 0.1) is 10.1 Å². The molecule has 1 aliphatic rings. The molecule has 10 heteroatoms. The quantitative estimate of drug-likeness (QED) is 0.407. The topological polar surface area (TPSA) is 125 Å². The van der Waals surface area contributed by atoms with Gasteiger partial charge in [-0.2, -0.15) is 9.41 Å². The van der Waals surface area contributed by atoms with Crippen LogP contribution in [0.25, 0.3) is 0 Å². The number of hydrazone groups is 1. The average Bonchev–Trinajstić information content (AvgIpc) is 2.69. The SMILES string of the molecule is C[C@H]1CCC[C@H](C)N1S(=O)(=O)c1cc([N+](=O)[O-])ccc1N/N=C\c1ccccc1O. The number of benzene rings is 2. The number of piperidine rings is 1. The summed E-state index contributed by atoms with van der Waals surface area (Å²) in [6, 6.07) is 9.72. The first-order valence-electron chi connectivity index (χ1n) is 9.61. The van der Waals surface area contributed by atoms with Gasteiger partial charge in [0.1, 0.15) is 10.6 Å². The number of hydrogen-bond donors (Lipinski definition) is 2. The van der Waals surface area contributed by atoms with Gasteiger partial charge in [0.15, 0.2) is 0 Å². The molecular formula is C20H24N4O5S. The van der Waals surface area contributed by atoms with Gasteiger partial charge in [-0.1, -0.05) is 18.6 Å². The zero-order chi connectivity index (χ0) is 21.9. The number of anilines is 1. The lowest BCUT2D eigenvalue weighted by Crippen LogP contribution is -2.47. The predicted octanol–water partition coefficient (Wildman–Crippen LogP) is 3.70. The lowest BCUT2D eigenvalue weighted by atomic mass is 10.0. The Balaban J connectivity index is 2.00. The Hall–Kier alpha value is -2.98. The van der Waals surface area contributed by atoms with Gasteiger partial charge in [-0.3, -0.25) is 15.5 Å². The number of aromatic hydroxyl groups is 1. The molecule has 2 aromatic carbocycles. The summed E-state index contributed by atoms with van der Waals surface area (Å²) in [5.74, 6) is 0.0237. The molecule has 9 nitrogen and oxygen atoms in total. The van der Waals surface area contributed by atoms with Crippen LogP contribution in [0.3, 0.4) is 0 Å². The number of non-ortho nitro benzene ring substituents is 1. The first-order valence-corrected chi connectivity index (χ1v) is 11.0. The Morgan fingerprint density at radius 2 is 1.87 bits per heavy atom. The second-order valence-corrected chi connectivity index (χ2v) is 9.14. The van der Waals surface area contributed by atoms with Crippen LogP contribution in [0.15, 0.2) is 52.5 Å². The molecule has 2 atom stereocenters. The molecule has 2 N–H and O–H groups in total. The van der Waals surface area contributed by atoms with E-state index in [0.717, 1.165) is 25.3 Å². The number of nitro benzene ring substituents is 1. The Bertz CT molecular complexity index is 1060. The van der Waals surface area contributed by atoms with Gasteiger partial charge in [-0.25, -0.2) is 8.42 Å². The minimum absolute atomic E-state index is 0.0237. The van der Waals surface area contributed by atoms with Gasteiger partial charge in [0.2, 0.25) is 10.0 Å². The van der Waals surface area contributed by atoms with E-state index < -0.39 is 14.9 Å². The summed E-state index contributed by atoms with van der Waals surface area (Å²) in [7, 11) is -4.01. The third kappa shape index (κ3) is 4.44. The number of rotatable bonds is 6. The van der Waals surface area contributed by atoms with Crippen molar-refractivity contribution >= 4 is 27.6 Å². The smallest absolute Gasteiger partial charge is 0.270 e. The van der Waals surface area contributed by atoms with Gasteiger partial charge >= 0.3 is 0 Å². The maximum absolute atomic E-state index is 13.5. The van der Waals surface area contributed by atoms with Crippen LogP contribution < -0.4 is 5.43 Å². The summed E-state index contributed by atoms with van der Waals surface area (Å²) < 4.78 is 28.3. The number of para-hydroxylation sites is 1. The summed E-state index contributed by atoms with van der Waals surface area (Å²) in [5.41, 5.74) is 2.90. The second kappa shape index (κ2) is 8.80. The minimum atomic E-state index is -4.01. The lowest BCUT2D eigenvalue weighted by Gasteiger charge is -2.37. The van der Waals surface area contributed by atoms with Gasteiger partial charge < -0.3 is 5.11 Å². The van der Waals surface area contributed by atoms with E-state index in [4.69, 9.17) is 0 Å². The van der Waals surface area contributed by atoms with Crippen molar-refractivity contribution in [1.29, 1.82) is 0 Å². The van der Waals surface area contributed by atoms with Crippen molar-refractivity contribution in [2.45, 2.75) is 50.1 Å². The highest BCUT2D eigenvalue weighted by Gasteiger charge is 2.37. The zero-order valence-electron chi connectivity index (χ0n) is 16.7. The molecule has 0 unspecified atom stereocenters. The van der Waals surface area contributed by atoms with Crippen molar-refractivity contribution in [3.05, 3.63) is 58.1 Å². The summed E-state index contributed by atoms with van der Waals surface area (Å²) in [4.78, 5) is 10.4. The molecular weight excluding hydrogens is 408 g/mol. The number of phenols is 1. The molecule has 1 aliphatic heterocycles. The Kier molecular flexibility index (Phi) is 6.37. The van der Waals surface area contributed by atoms with Crippen molar-refractivity contribution in [2.75, 3.05) is 5.43 Å². The molecule has 30 heavy (non-hydrogen) atoms. The van der Waals surface area contributed by atoms with Crippen molar-refractivity contribution in [3.63, 3.8) is 0 Å². The number of nitro groups is 1. The van der Waals surface area contributed by atoms with E-state index in [-0.39, 0.29) is 34.1 Å². The molecule has 160 valence electrons. The number of nitrogens with one attached hydrogen (secondary N) is 1. The number of phenolic OH excluding ortho intramolecular Hbond substituents is 1. The Morgan fingerprint density at radius 1 is 1.20 bits per heavy atom. The normalized spacial score (nSPS) is 20.3. The standard InChI is InChI=1S/C20H24N4O5S/c1-14-6-5-7-15(2)23(14)30(28,29)20-12-17(24(26)27)10-11-18(20)22-21-13-16-8-3-4-9-19(16)25/h3-4,8-15,22,25H,5-7H2,1-2H3/b21-13-/t14-,15-/m0/s1. The summed E-state index contributed by atoms with van der Waals surface area (Å²) in [6.07, 6.45) is 3.73. The van der Waals surface area contributed by atoms with E-state index in [2.05, 4.69) is 10.5 Å². The molecule has 1 saturated heterocycles. The molecule has 2 aromatic rings. The zero-order valence-corrected chi connectivity index (χ0v) is 17.5. The highest BCUT2D eigenvalue weighted by Crippen LogP contribution is 2.34. The Morgan fingerprint density at radius 3 is 2.50 bits per heavy atom.